The molecule has 2 N–H and O–H groups in total. The summed E-state index contributed by atoms with van der Waals surface area (Å²) in [5.74, 6) is 0.353. The van der Waals surface area contributed by atoms with Gasteiger partial charge in [0.25, 0.3) is 0 Å². The SMILES string of the molecule is CCN(c1ccccc1F)c1cccc(OC(C)C)c1N. The van der Waals surface area contributed by atoms with Crippen molar-refractivity contribution in [1.29, 1.82) is 0 Å². The van der Waals surface area contributed by atoms with Crippen molar-refractivity contribution in [2.75, 3.05) is 17.2 Å². The van der Waals surface area contributed by atoms with E-state index in [0.29, 0.717) is 23.7 Å². The maximum absolute atomic E-state index is 14.0. The zero-order chi connectivity index (χ0) is 15.4. The lowest BCUT2D eigenvalue weighted by Gasteiger charge is -2.26. The average molecular weight is 288 g/mol. The van der Waals surface area contributed by atoms with Crippen LogP contribution in [-0.2, 0) is 0 Å². The molecule has 0 atom stereocenters. The first-order chi connectivity index (χ1) is 10.0. The predicted octanol–water partition coefficient (Wildman–Crippen LogP) is 4.35. The van der Waals surface area contributed by atoms with Gasteiger partial charge >= 0.3 is 0 Å². The molecule has 0 bridgehead atoms. The fraction of sp³-hybridized carbons (Fsp3) is 0.294. The van der Waals surface area contributed by atoms with Gasteiger partial charge in [0.2, 0.25) is 0 Å². The molecule has 3 nitrogen and oxygen atoms in total. The number of benzene rings is 2. The Kier molecular flexibility index (Phi) is 4.68. The number of nitrogen functional groups attached to an aromatic ring is 1. The van der Waals surface area contributed by atoms with Crippen LogP contribution in [0.15, 0.2) is 42.5 Å². The van der Waals surface area contributed by atoms with Gasteiger partial charge in [0, 0.05) is 6.54 Å². The molecule has 0 aliphatic carbocycles. The van der Waals surface area contributed by atoms with Gasteiger partial charge < -0.3 is 15.4 Å². The smallest absolute Gasteiger partial charge is 0.146 e. The molecule has 0 amide bonds. The molecule has 4 heteroatoms. The number of nitrogens with two attached hydrogens (primary N) is 1. The van der Waals surface area contributed by atoms with Crippen LogP contribution in [0.1, 0.15) is 20.8 Å². The molecule has 0 aromatic heterocycles. The first-order valence-corrected chi connectivity index (χ1v) is 7.11. The lowest BCUT2D eigenvalue weighted by molar-refractivity contribution is 0.244. The average Bonchev–Trinajstić information content (AvgIpc) is 2.45. The van der Waals surface area contributed by atoms with Crippen molar-refractivity contribution >= 4 is 17.1 Å². The van der Waals surface area contributed by atoms with Crippen LogP contribution >= 0.6 is 0 Å². The van der Waals surface area contributed by atoms with Crippen molar-refractivity contribution in [2.24, 2.45) is 0 Å². The molecule has 0 aliphatic heterocycles. The summed E-state index contributed by atoms with van der Waals surface area (Å²) < 4.78 is 19.7. The summed E-state index contributed by atoms with van der Waals surface area (Å²) in [6.45, 7) is 6.46. The minimum absolute atomic E-state index is 0.0334. The van der Waals surface area contributed by atoms with Crippen LogP contribution in [-0.4, -0.2) is 12.6 Å². The van der Waals surface area contributed by atoms with Crippen LogP contribution in [0.3, 0.4) is 0 Å². The highest BCUT2D eigenvalue weighted by atomic mass is 19.1. The number of nitrogens with zero attached hydrogens (tertiary/aromatic N) is 1. The molecule has 0 aliphatic rings. The summed E-state index contributed by atoms with van der Waals surface area (Å²) in [5, 5.41) is 0. The van der Waals surface area contributed by atoms with E-state index < -0.39 is 0 Å². The Hall–Kier alpha value is -2.23. The molecule has 2 rings (SSSR count). The Balaban J connectivity index is 2.46. The van der Waals surface area contributed by atoms with Gasteiger partial charge in [-0.1, -0.05) is 18.2 Å². The largest absolute Gasteiger partial charge is 0.489 e. The Morgan fingerprint density at radius 3 is 2.38 bits per heavy atom. The number of anilines is 3. The van der Waals surface area contributed by atoms with E-state index in [-0.39, 0.29) is 11.9 Å². The molecule has 2 aromatic carbocycles. The van der Waals surface area contributed by atoms with Gasteiger partial charge in [-0.05, 0) is 45.0 Å². The van der Waals surface area contributed by atoms with Crippen LogP contribution in [0.4, 0.5) is 21.5 Å². The van der Waals surface area contributed by atoms with E-state index in [1.165, 1.54) is 6.07 Å². The molecule has 0 spiro atoms. The zero-order valence-corrected chi connectivity index (χ0v) is 12.6. The molecule has 0 unspecified atom stereocenters. The zero-order valence-electron chi connectivity index (χ0n) is 12.6. The fourth-order valence-electron chi connectivity index (χ4n) is 2.27. The van der Waals surface area contributed by atoms with Gasteiger partial charge in [0.1, 0.15) is 11.6 Å². The lowest BCUT2D eigenvalue weighted by atomic mass is 10.2. The van der Waals surface area contributed by atoms with Gasteiger partial charge in [-0.2, -0.15) is 0 Å². The van der Waals surface area contributed by atoms with Gasteiger partial charge in [-0.25, -0.2) is 4.39 Å². The second-order valence-corrected chi connectivity index (χ2v) is 5.05. The fourth-order valence-corrected chi connectivity index (χ4v) is 2.27. The van der Waals surface area contributed by atoms with Gasteiger partial charge in [-0.3, -0.25) is 0 Å². The third-order valence-corrected chi connectivity index (χ3v) is 3.16. The molecule has 0 fully saturated rings. The molecule has 0 heterocycles. The summed E-state index contributed by atoms with van der Waals surface area (Å²) in [7, 11) is 0. The Bertz CT molecular complexity index is 613. The summed E-state index contributed by atoms with van der Waals surface area (Å²) in [6, 6.07) is 12.2. The van der Waals surface area contributed by atoms with Crippen molar-refractivity contribution in [3.63, 3.8) is 0 Å². The normalized spacial score (nSPS) is 10.7. The Morgan fingerprint density at radius 2 is 1.76 bits per heavy atom. The molecular formula is C17H21FN2O. The van der Waals surface area contributed by atoms with E-state index >= 15 is 0 Å². The van der Waals surface area contributed by atoms with Gasteiger partial charge in [-0.15, -0.1) is 0 Å². The highest BCUT2D eigenvalue weighted by Gasteiger charge is 2.16. The van der Waals surface area contributed by atoms with Gasteiger partial charge in [0.05, 0.1) is 23.2 Å². The van der Waals surface area contributed by atoms with E-state index in [1.807, 2.05) is 49.9 Å². The van der Waals surface area contributed by atoms with E-state index in [9.17, 15) is 4.39 Å². The van der Waals surface area contributed by atoms with Crippen molar-refractivity contribution < 1.29 is 9.13 Å². The van der Waals surface area contributed by atoms with E-state index in [2.05, 4.69) is 0 Å². The van der Waals surface area contributed by atoms with Crippen LogP contribution in [0.5, 0.6) is 5.75 Å². The second-order valence-electron chi connectivity index (χ2n) is 5.05. The number of hydrogen-bond acceptors (Lipinski definition) is 3. The Labute approximate surface area is 125 Å². The van der Waals surface area contributed by atoms with Crippen molar-refractivity contribution in [1.82, 2.24) is 0 Å². The van der Waals surface area contributed by atoms with Gasteiger partial charge in [0.15, 0.2) is 0 Å². The minimum Gasteiger partial charge on any atom is -0.489 e. The molecule has 112 valence electrons. The third-order valence-electron chi connectivity index (χ3n) is 3.16. The maximum atomic E-state index is 14.0. The Morgan fingerprint density at radius 1 is 1.10 bits per heavy atom. The van der Waals surface area contributed by atoms with Crippen LogP contribution in [0.25, 0.3) is 0 Å². The summed E-state index contributed by atoms with van der Waals surface area (Å²) >= 11 is 0. The predicted molar refractivity (Wildman–Crippen MR) is 85.7 cm³/mol. The molecule has 21 heavy (non-hydrogen) atoms. The van der Waals surface area contributed by atoms with E-state index in [1.54, 1.807) is 12.1 Å². The highest BCUT2D eigenvalue weighted by molar-refractivity contribution is 5.79. The quantitative estimate of drug-likeness (QED) is 0.831. The number of ether oxygens (including phenoxy) is 1. The molecular weight excluding hydrogens is 267 g/mol. The van der Waals surface area contributed by atoms with Crippen molar-refractivity contribution in [2.45, 2.75) is 26.9 Å². The number of rotatable bonds is 5. The highest BCUT2D eigenvalue weighted by Crippen LogP contribution is 2.37. The van der Waals surface area contributed by atoms with Crippen molar-refractivity contribution in [3.05, 3.63) is 48.3 Å². The second kappa shape index (κ2) is 6.48. The number of hydrogen-bond donors (Lipinski definition) is 1. The van der Waals surface area contributed by atoms with E-state index in [4.69, 9.17) is 10.5 Å². The molecule has 0 saturated heterocycles. The van der Waals surface area contributed by atoms with Crippen LogP contribution < -0.4 is 15.4 Å². The lowest BCUT2D eigenvalue weighted by Crippen LogP contribution is -2.19. The number of para-hydroxylation sites is 2. The third kappa shape index (κ3) is 3.27. The van der Waals surface area contributed by atoms with E-state index in [0.717, 1.165) is 5.69 Å². The molecule has 0 saturated carbocycles. The molecule has 0 radical (unpaired) electrons. The first kappa shape index (κ1) is 15.2. The summed E-state index contributed by atoms with van der Waals surface area (Å²) in [5.41, 5.74) is 7.99. The molecule has 2 aromatic rings. The van der Waals surface area contributed by atoms with Crippen molar-refractivity contribution in [3.8, 4) is 5.75 Å². The first-order valence-electron chi connectivity index (χ1n) is 7.11. The van der Waals surface area contributed by atoms with Crippen LogP contribution in [0.2, 0.25) is 0 Å². The monoisotopic (exact) mass is 288 g/mol. The topological polar surface area (TPSA) is 38.5 Å². The standard InChI is InChI=1S/C17H21FN2O/c1-4-20(14-9-6-5-8-13(14)18)15-10-7-11-16(17(15)19)21-12(2)3/h5-12H,4,19H2,1-3H3. The summed E-state index contributed by atoms with van der Waals surface area (Å²) in [4.78, 5) is 1.85. The minimum atomic E-state index is -0.270. The number of halogens is 1. The maximum Gasteiger partial charge on any atom is 0.146 e. The van der Waals surface area contributed by atoms with Crippen LogP contribution in [0, 0.1) is 5.82 Å². The summed E-state index contributed by atoms with van der Waals surface area (Å²) in [6.07, 6.45) is 0.0334.